The van der Waals surface area contributed by atoms with E-state index in [-0.39, 0.29) is 5.56 Å². The number of nitriles is 1. The molecule has 104 valence electrons. The molecule has 5 nitrogen and oxygen atoms in total. The van der Waals surface area contributed by atoms with Gasteiger partial charge in [0.25, 0.3) is 0 Å². The molecule has 1 aliphatic rings. The van der Waals surface area contributed by atoms with E-state index in [0.717, 1.165) is 0 Å². The van der Waals surface area contributed by atoms with Crippen molar-refractivity contribution in [1.29, 1.82) is 5.26 Å². The molecule has 6 heteroatoms. The number of nitrogens with two attached hydrogens (primary N) is 1. The summed E-state index contributed by atoms with van der Waals surface area (Å²) >= 11 is 0. The van der Waals surface area contributed by atoms with Crippen molar-refractivity contribution < 1.29 is 14.1 Å². The van der Waals surface area contributed by atoms with Gasteiger partial charge in [0.15, 0.2) is 0 Å². The highest BCUT2D eigenvalue weighted by atomic mass is 16.7. The highest BCUT2D eigenvalue weighted by Gasteiger charge is 2.52. The summed E-state index contributed by atoms with van der Waals surface area (Å²) in [5.41, 5.74) is 5.56. The molecular weight excluding hydrogens is 255 g/mol. The van der Waals surface area contributed by atoms with E-state index in [1.165, 1.54) is 6.07 Å². The molecule has 0 unspecified atom stereocenters. The van der Waals surface area contributed by atoms with Gasteiger partial charge < -0.3 is 15.0 Å². The van der Waals surface area contributed by atoms with Gasteiger partial charge in [0.2, 0.25) is 5.91 Å². The van der Waals surface area contributed by atoms with Crippen LogP contribution in [0.5, 0.6) is 0 Å². The number of hydrogen-bond donors (Lipinski definition) is 1. The zero-order valence-electron chi connectivity index (χ0n) is 12.1. The Morgan fingerprint density at radius 3 is 2.25 bits per heavy atom. The van der Waals surface area contributed by atoms with Gasteiger partial charge in [0, 0.05) is 5.56 Å². The van der Waals surface area contributed by atoms with E-state index >= 15 is 0 Å². The second-order valence-electron chi connectivity index (χ2n) is 5.87. The summed E-state index contributed by atoms with van der Waals surface area (Å²) in [4.78, 5) is 11.6. The monoisotopic (exact) mass is 272 g/mol. The van der Waals surface area contributed by atoms with Crippen molar-refractivity contribution in [2.45, 2.75) is 38.9 Å². The summed E-state index contributed by atoms with van der Waals surface area (Å²) in [6, 6.07) is 6.72. The Kier molecular flexibility index (Phi) is 3.36. The first-order chi connectivity index (χ1) is 9.18. The van der Waals surface area contributed by atoms with Crippen LogP contribution in [0.25, 0.3) is 0 Å². The molecule has 0 aliphatic carbocycles. The van der Waals surface area contributed by atoms with Gasteiger partial charge in [-0.1, -0.05) is 6.07 Å². The molecule has 1 fully saturated rings. The maximum absolute atomic E-state index is 11.6. The van der Waals surface area contributed by atoms with Crippen LogP contribution in [-0.4, -0.2) is 24.2 Å². The summed E-state index contributed by atoms with van der Waals surface area (Å²) in [5.74, 6) is -0.605. The zero-order valence-corrected chi connectivity index (χ0v) is 12.1. The quantitative estimate of drug-likeness (QED) is 0.812. The van der Waals surface area contributed by atoms with Gasteiger partial charge in [0.1, 0.15) is 0 Å². The molecule has 0 atom stereocenters. The predicted octanol–water partition coefficient (Wildman–Crippen LogP) is 0.956. The van der Waals surface area contributed by atoms with Crippen molar-refractivity contribution in [3.8, 4) is 6.07 Å². The highest BCUT2D eigenvalue weighted by Crippen LogP contribution is 2.36. The Hall–Kier alpha value is -1.84. The standard InChI is InChI=1S/C14H17BN2O3/c1-13(2)14(3,4)20-15(19-13)11-6-5-9(8-16)7-10(11)12(17)18/h5-7H,1-4H3,(H2,17,18). The largest absolute Gasteiger partial charge is 0.495 e. The van der Waals surface area contributed by atoms with Gasteiger partial charge >= 0.3 is 7.12 Å². The average molecular weight is 272 g/mol. The Morgan fingerprint density at radius 2 is 1.80 bits per heavy atom. The van der Waals surface area contributed by atoms with Gasteiger partial charge in [-0.15, -0.1) is 0 Å². The van der Waals surface area contributed by atoms with Crippen molar-refractivity contribution >= 4 is 18.5 Å². The molecular formula is C14H17BN2O3. The number of hydrogen-bond acceptors (Lipinski definition) is 4. The summed E-state index contributed by atoms with van der Waals surface area (Å²) in [7, 11) is -0.671. The minimum absolute atomic E-state index is 0.252. The van der Waals surface area contributed by atoms with E-state index in [9.17, 15) is 4.79 Å². The minimum Gasteiger partial charge on any atom is -0.399 e. The molecule has 1 heterocycles. The number of benzene rings is 1. The van der Waals surface area contributed by atoms with Crippen LogP contribution in [-0.2, 0) is 9.31 Å². The van der Waals surface area contributed by atoms with E-state index in [1.54, 1.807) is 12.1 Å². The van der Waals surface area contributed by atoms with Gasteiger partial charge in [-0.05, 0) is 45.3 Å². The van der Waals surface area contributed by atoms with E-state index in [1.807, 2.05) is 33.8 Å². The lowest BCUT2D eigenvalue weighted by Gasteiger charge is -2.32. The Balaban J connectivity index is 2.45. The molecule has 1 aromatic rings. The normalized spacial score (nSPS) is 19.6. The summed E-state index contributed by atoms with van der Waals surface area (Å²) < 4.78 is 11.8. The second kappa shape index (κ2) is 4.62. The van der Waals surface area contributed by atoms with Crippen LogP contribution in [0, 0.1) is 11.3 Å². The van der Waals surface area contributed by atoms with Crippen molar-refractivity contribution in [3.63, 3.8) is 0 Å². The average Bonchev–Trinajstić information content (AvgIpc) is 2.57. The van der Waals surface area contributed by atoms with Gasteiger partial charge in [-0.25, -0.2) is 0 Å². The first kappa shape index (κ1) is 14.6. The van der Waals surface area contributed by atoms with Crippen LogP contribution in [0.15, 0.2) is 18.2 Å². The van der Waals surface area contributed by atoms with E-state index < -0.39 is 24.2 Å². The summed E-state index contributed by atoms with van der Waals surface area (Å²) in [6.07, 6.45) is 0. The molecule has 0 spiro atoms. The fourth-order valence-electron chi connectivity index (χ4n) is 2.01. The van der Waals surface area contributed by atoms with E-state index in [4.69, 9.17) is 20.3 Å². The molecule has 0 saturated carbocycles. The van der Waals surface area contributed by atoms with Crippen molar-refractivity contribution in [2.24, 2.45) is 5.73 Å². The molecule has 20 heavy (non-hydrogen) atoms. The van der Waals surface area contributed by atoms with Crippen molar-refractivity contribution in [1.82, 2.24) is 0 Å². The molecule has 1 amide bonds. The molecule has 1 saturated heterocycles. The van der Waals surface area contributed by atoms with Gasteiger partial charge in [-0.2, -0.15) is 5.26 Å². The Bertz CT molecular complexity index is 589. The minimum atomic E-state index is -0.671. The van der Waals surface area contributed by atoms with Crippen LogP contribution in [0.2, 0.25) is 0 Å². The molecule has 1 aromatic carbocycles. The first-order valence-electron chi connectivity index (χ1n) is 6.37. The van der Waals surface area contributed by atoms with Crippen LogP contribution in [0.3, 0.4) is 0 Å². The topological polar surface area (TPSA) is 85.3 Å². The fourth-order valence-corrected chi connectivity index (χ4v) is 2.01. The maximum atomic E-state index is 11.6. The summed E-state index contributed by atoms with van der Waals surface area (Å²) in [5, 5.41) is 8.90. The van der Waals surface area contributed by atoms with Crippen LogP contribution in [0.1, 0.15) is 43.6 Å². The molecule has 2 rings (SSSR count). The Labute approximate surface area is 118 Å². The number of nitrogens with zero attached hydrogens (tertiary/aromatic N) is 1. The third-order valence-electron chi connectivity index (χ3n) is 3.96. The maximum Gasteiger partial charge on any atom is 0.495 e. The lowest BCUT2D eigenvalue weighted by molar-refractivity contribution is 0.00578. The molecule has 0 aromatic heterocycles. The van der Waals surface area contributed by atoms with E-state index in [2.05, 4.69) is 0 Å². The molecule has 1 aliphatic heterocycles. The van der Waals surface area contributed by atoms with Crippen molar-refractivity contribution in [2.75, 3.05) is 0 Å². The third-order valence-corrected chi connectivity index (χ3v) is 3.96. The van der Waals surface area contributed by atoms with E-state index in [0.29, 0.717) is 11.0 Å². The lowest BCUT2D eigenvalue weighted by Crippen LogP contribution is -2.41. The van der Waals surface area contributed by atoms with Gasteiger partial charge in [0.05, 0.1) is 22.8 Å². The third kappa shape index (κ3) is 2.30. The molecule has 0 radical (unpaired) electrons. The number of rotatable bonds is 2. The Morgan fingerprint density at radius 1 is 1.25 bits per heavy atom. The summed E-state index contributed by atoms with van der Waals surface area (Å²) in [6.45, 7) is 7.72. The number of carbonyl (C=O) groups is 1. The first-order valence-corrected chi connectivity index (χ1v) is 6.37. The smallest absolute Gasteiger partial charge is 0.399 e. The molecule has 2 N–H and O–H groups in total. The number of amides is 1. The highest BCUT2D eigenvalue weighted by molar-refractivity contribution is 6.63. The fraction of sp³-hybridized carbons (Fsp3) is 0.429. The van der Waals surface area contributed by atoms with Crippen molar-refractivity contribution in [3.05, 3.63) is 29.3 Å². The van der Waals surface area contributed by atoms with Crippen LogP contribution >= 0.6 is 0 Å². The van der Waals surface area contributed by atoms with Crippen LogP contribution < -0.4 is 11.2 Å². The van der Waals surface area contributed by atoms with Gasteiger partial charge in [-0.3, -0.25) is 4.79 Å². The lowest BCUT2D eigenvalue weighted by atomic mass is 9.75. The number of primary amides is 1. The second-order valence-corrected chi connectivity index (χ2v) is 5.87. The predicted molar refractivity (Wildman–Crippen MR) is 75.4 cm³/mol. The number of carbonyl (C=O) groups excluding carboxylic acids is 1. The SMILES string of the molecule is CC1(C)OB(c2ccc(C#N)cc2C(N)=O)OC1(C)C. The van der Waals surface area contributed by atoms with Crippen LogP contribution in [0.4, 0.5) is 0 Å². The zero-order chi connectivity index (χ0) is 15.1. The molecule has 0 bridgehead atoms.